The van der Waals surface area contributed by atoms with E-state index in [9.17, 15) is 0 Å². The zero-order chi connectivity index (χ0) is 23.6. The molecule has 0 amide bonds. The number of hydrogen-bond acceptors (Lipinski definition) is 6. The number of guanidine groups is 1. The zero-order valence-electron chi connectivity index (χ0n) is 20.5. The first-order chi connectivity index (χ1) is 15.7. The lowest BCUT2D eigenvalue weighted by molar-refractivity contribution is 0.0198. The second-order valence-electron chi connectivity index (χ2n) is 10.1. The number of nitrogens with two attached hydrogens (primary N) is 1. The molecule has 33 heavy (non-hydrogen) atoms. The Bertz CT molecular complexity index is 1030. The van der Waals surface area contributed by atoms with Gasteiger partial charge in [0.1, 0.15) is 0 Å². The number of benzene rings is 2. The van der Waals surface area contributed by atoms with E-state index in [1.165, 1.54) is 11.1 Å². The van der Waals surface area contributed by atoms with E-state index in [4.69, 9.17) is 15.5 Å². The Morgan fingerprint density at radius 3 is 2.48 bits per heavy atom. The molecule has 0 aromatic heterocycles. The Kier molecular flexibility index (Phi) is 6.61. The lowest BCUT2D eigenvalue weighted by atomic mass is 9.83. The molecule has 2 unspecified atom stereocenters. The molecule has 6 heteroatoms. The molecule has 0 saturated carbocycles. The van der Waals surface area contributed by atoms with Gasteiger partial charge in [-0.1, -0.05) is 57.2 Å². The molecule has 0 bridgehead atoms. The number of rotatable bonds is 4. The van der Waals surface area contributed by atoms with Gasteiger partial charge in [0.2, 0.25) is 5.96 Å². The zero-order valence-corrected chi connectivity index (χ0v) is 20.5. The maximum absolute atomic E-state index is 6.88. The molecular weight excluding hydrogens is 410 g/mol. The Morgan fingerprint density at radius 2 is 1.82 bits per heavy atom. The van der Waals surface area contributed by atoms with Crippen molar-refractivity contribution in [1.29, 1.82) is 0 Å². The molecule has 2 aliphatic heterocycles. The van der Waals surface area contributed by atoms with Gasteiger partial charge < -0.3 is 15.4 Å². The van der Waals surface area contributed by atoms with Crippen molar-refractivity contribution >= 4 is 11.6 Å². The fourth-order valence-electron chi connectivity index (χ4n) is 4.32. The number of aliphatic imine (C=N–C) groups is 1. The topological polar surface area (TPSA) is 74.9 Å². The summed E-state index contributed by atoms with van der Waals surface area (Å²) in [6.45, 7) is 14.5. The highest BCUT2D eigenvalue weighted by molar-refractivity contribution is 5.95. The van der Waals surface area contributed by atoms with Gasteiger partial charge in [0, 0.05) is 31.0 Å². The highest BCUT2D eigenvalue weighted by atomic mass is 16.5. The number of anilines is 1. The molecule has 2 aromatic rings. The molecule has 2 aromatic carbocycles. The monoisotopic (exact) mass is 447 g/mol. The first-order valence-electron chi connectivity index (χ1n) is 11.8. The number of morpholine rings is 1. The van der Waals surface area contributed by atoms with Crippen molar-refractivity contribution in [3.8, 4) is 0 Å². The molecule has 0 aliphatic carbocycles. The van der Waals surface area contributed by atoms with Gasteiger partial charge in [0.05, 0.1) is 13.2 Å². The molecule has 2 atom stereocenters. The molecule has 0 radical (unpaired) electrons. The summed E-state index contributed by atoms with van der Waals surface area (Å²) >= 11 is 0. The van der Waals surface area contributed by atoms with E-state index in [1.807, 2.05) is 13.1 Å². The smallest absolute Gasteiger partial charge is 0.202 e. The van der Waals surface area contributed by atoms with E-state index in [-0.39, 0.29) is 5.41 Å². The second kappa shape index (κ2) is 9.29. The largest absolute Gasteiger partial charge is 0.379 e. The van der Waals surface area contributed by atoms with Crippen molar-refractivity contribution < 1.29 is 4.74 Å². The molecule has 2 aliphatic rings. The van der Waals surface area contributed by atoms with Crippen LogP contribution in [-0.4, -0.2) is 37.2 Å². The Hall–Kier alpha value is -2.67. The van der Waals surface area contributed by atoms with Crippen molar-refractivity contribution in [3.63, 3.8) is 0 Å². The van der Waals surface area contributed by atoms with Crippen LogP contribution in [0.2, 0.25) is 0 Å². The lowest BCUT2D eigenvalue weighted by Crippen LogP contribution is -2.44. The van der Waals surface area contributed by atoms with Crippen LogP contribution in [0.5, 0.6) is 0 Å². The van der Waals surface area contributed by atoms with Crippen LogP contribution in [0.25, 0.3) is 0 Å². The third kappa shape index (κ3) is 5.13. The third-order valence-electron chi connectivity index (χ3n) is 6.73. The van der Waals surface area contributed by atoms with Crippen LogP contribution < -0.4 is 16.4 Å². The molecule has 1 saturated heterocycles. The number of hydrogen-bond donors (Lipinski definition) is 3. The van der Waals surface area contributed by atoms with Gasteiger partial charge in [-0.05, 0) is 53.7 Å². The summed E-state index contributed by atoms with van der Waals surface area (Å²) < 4.78 is 5.48. The summed E-state index contributed by atoms with van der Waals surface area (Å²) in [5.41, 5.74) is 11.5. The summed E-state index contributed by atoms with van der Waals surface area (Å²) in [5.74, 6) is 0.637. The van der Waals surface area contributed by atoms with E-state index in [0.717, 1.165) is 43.1 Å². The van der Waals surface area contributed by atoms with Crippen LogP contribution in [0.3, 0.4) is 0 Å². The molecular formula is C27H37N5O. The quantitative estimate of drug-likeness (QED) is 0.645. The highest BCUT2D eigenvalue weighted by Gasteiger charge is 2.33. The van der Waals surface area contributed by atoms with Crippen LogP contribution in [-0.2, 0) is 15.8 Å². The average molecular weight is 448 g/mol. The molecule has 0 spiro atoms. The standard InChI is InChI=1S/C27H37N5O/c1-19-18-29-25(31-27(19,28)23-8-6-7-22(17-23)26(3,4)5)30-24-11-9-21(10-12-24)20(2)32-13-15-33-16-14-32/h6-12,17-18,20H,13-16,28H2,1-5H3,(H2,29,30,31). The summed E-state index contributed by atoms with van der Waals surface area (Å²) in [6.07, 6.45) is 1.94. The molecule has 176 valence electrons. The number of ether oxygens (including phenoxy) is 1. The van der Waals surface area contributed by atoms with Gasteiger partial charge in [0.25, 0.3) is 0 Å². The number of nitrogens with one attached hydrogen (secondary N) is 2. The van der Waals surface area contributed by atoms with Gasteiger partial charge in [-0.25, -0.2) is 4.99 Å². The normalized spacial score (nSPS) is 22.7. The minimum Gasteiger partial charge on any atom is -0.379 e. The fraction of sp³-hybridized carbons (Fsp3) is 0.444. The van der Waals surface area contributed by atoms with Gasteiger partial charge in [-0.3, -0.25) is 10.6 Å². The summed E-state index contributed by atoms with van der Waals surface area (Å²) in [5, 5.41) is 6.65. The van der Waals surface area contributed by atoms with E-state index < -0.39 is 5.66 Å². The minimum atomic E-state index is -0.917. The molecule has 2 heterocycles. The van der Waals surface area contributed by atoms with E-state index >= 15 is 0 Å². The van der Waals surface area contributed by atoms with Gasteiger partial charge in [-0.15, -0.1) is 0 Å². The van der Waals surface area contributed by atoms with Crippen molar-refractivity contribution in [2.75, 3.05) is 31.6 Å². The molecule has 4 N–H and O–H groups in total. The van der Waals surface area contributed by atoms with Gasteiger partial charge in [-0.2, -0.15) is 0 Å². The van der Waals surface area contributed by atoms with Crippen molar-refractivity contribution in [2.24, 2.45) is 10.7 Å². The highest BCUT2D eigenvalue weighted by Crippen LogP contribution is 2.33. The summed E-state index contributed by atoms with van der Waals surface area (Å²) in [7, 11) is 0. The lowest BCUT2D eigenvalue weighted by Gasteiger charge is -2.33. The average Bonchev–Trinajstić information content (AvgIpc) is 2.82. The third-order valence-corrected chi connectivity index (χ3v) is 6.73. The second-order valence-corrected chi connectivity index (χ2v) is 10.1. The Balaban J connectivity index is 1.52. The minimum absolute atomic E-state index is 0.0435. The first kappa shape index (κ1) is 23.5. The first-order valence-corrected chi connectivity index (χ1v) is 11.8. The van der Waals surface area contributed by atoms with E-state index in [0.29, 0.717) is 12.0 Å². The predicted molar refractivity (Wildman–Crippen MR) is 136 cm³/mol. The maximum atomic E-state index is 6.88. The van der Waals surface area contributed by atoms with Crippen LogP contribution >= 0.6 is 0 Å². The Labute approximate surface area is 197 Å². The molecule has 6 nitrogen and oxygen atoms in total. The van der Waals surface area contributed by atoms with E-state index in [1.54, 1.807) is 0 Å². The Morgan fingerprint density at radius 1 is 1.12 bits per heavy atom. The number of nitrogens with zero attached hydrogens (tertiary/aromatic N) is 2. The van der Waals surface area contributed by atoms with Crippen LogP contribution in [0, 0.1) is 0 Å². The van der Waals surface area contributed by atoms with Crippen LogP contribution in [0.1, 0.15) is 57.4 Å². The molecule has 1 fully saturated rings. The summed E-state index contributed by atoms with van der Waals surface area (Å²) in [6, 6.07) is 17.4. The van der Waals surface area contributed by atoms with Crippen LogP contribution in [0.4, 0.5) is 5.69 Å². The SMILES string of the molecule is CC1=CNC(Nc2ccc(C(C)N3CCOCC3)cc2)=NC1(N)c1cccc(C(C)(C)C)c1. The van der Waals surface area contributed by atoms with Crippen molar-refractivity contribution in [3.05, 3.63) is 77.0 Å². The fourth-order valence-corrected chi connectivity index (χ4v) is 4.32. The molecule has 4 rings (SSSR count). The van der Waals surface area contributed by atoms with Crippen molar-refractivity contribution in [2.45, 2.75) is 51.7 Å². The summed E-state index contributed by atoms with van der Waals surface area (Å²) in [4.78, 5) is 7.36. The maximum Gasteiger partial charge on any atom is 0.202 e. The van der Waals surface area contributed by atoms with E-state index in [2.05, 4.69) is 91.8 Å². The van der Waals surface area contributed by atoms with Crippen LogP contribution in [0.15, 0.2) is 65.3 Å². The predicted octanol–water partition coefficient (Wildman–Crippen LogP) is 4.46. The van der Waals surface area contributed by atoms with Crippen molar-refractivity contribution in [1.82, 2.24) is 10.2 Å². The van der Waals surface area contributed by atoms with Gasteiger partial charge in [0.15, 0.2) is 5.66 Å². The van der Waals surface area contributed by atoms with Gasteiger partial charge >= 0.3 is 0 Å².